The van der Waals surface area contributed by atoms with Crippen LogP contribution in [0, 0.1) is 16.7 Å². The van der Waals surface area contributed by atoms with Gasteiger partial charge in [0.15, 0.2) is 5.16 Å². The fourth-order valence-corrected chi connectivity index (χ4v) is 2.56. The van der Waals surface area contributed by atoms with E-state index in [0.29, 0.717) is 0 Å². The Hall–Kier alpha value is -0.990. The van der Waals surface area contributed by atoms with Crippen molar-refractivity contribution in [3.63, 3.8) is 0 Å². The molecule has 1 aromatic heterocycles. The zero-order chi connectivity index (χ0) is 13.6. The average Bonchev–Trinajstić information content (AvgIpc) is 2.70. The van der Waals surface area contributed by atoms with Gasteiger partial charge in [-0.25, -0.2) is 4.98 Å². The standard InChI is InChI=1S/C13H21N3OS/c1-13(2,10-14)6-4-5-7-18-12-15-8-11(9-17)16(12)3/h8,17H,4-7,9H2,1-3H3. The number of hydrogen-bond donors (Lipinski definition) is 1. The van der Waals surface area contributed by atoms with Gasteiger partial charge in [0.1, 0.15) is 0 Å². The maximum atomic E-state index is 9.06. The van der Waals surface area contributed by atoms with Crippen LogP contribution in [0.4, 0.5) is 0 Å². The Labute approximate surface area is 113 Å². The van der Waals surface area contributed by atoms with E-state index in [4.69, 9.17) is 10.4 Å². The summed E-state index contributed by atoms with van der Waals surface area (Å²) in [4.78, 5) is 4.26. The molecule has 100 valence electrons. The highest BCUT2D eigenvalue weighted by molar-refractivity contribution is 7.99. The minimum Gasteiger partial charge on any atom is -0.390 e. The van der Waals surface area contributed by atoms with Gasteiger partial charge in [0, 0.05) is 12.8 Å². The number of aliphatic hydroxyl groups is 1. The van der Waals surface area contributed by atoms with Gasteiger partial charge in [0.25, 0.3) is 0 Å². The fourth-order valence-electron chi connectivity index (χ4n) is 1.60. The molecule has 4 nitrogen and oxygen atoms in total. The lowest BCUT2D eigenvalue weighted by Crippen LogP contribution is -2.07. The van der Waals surface area contributed by atoms with Crippen LogP contribution in [0.2, 0.25) is 0 Å². The first-order valence-electron chi connectivity index (χ1n) is 6.15. The van der Waals surface area contributed by atoms with E-state index in [1.54, 1.807) is 18.0 Å². The van der Waals surface area contributed by atoms with E-state index >= 15 is 0 Å². The second-order valence-electron chi connectivity index (χ2n) is 5.05. The van der Waals surface area contributed by atoms with E-state index in [1.165, 1.54) is 0 Å². The largest absolute Gasteiger partial charge is 0.390 e. The zero-order valence-corrected chi connectivity index (χ0v) is 12.1. The molecule has 0 unspecified atom stereocenters. The van der Waals surface area contributed by atoms with Crippen LogP contribution in [0.1, 0.15) is 38.8 Å². The Bertz CT molecular complexity index is 420. The fraction of sp³-hybridized carbons (Fsp3) is 0.692. The molecule has 0 atom stereocenters. The molecule has 5 heteroatoms. The Morgan fingerprint density at radius 1 is 1.50 bits per heavy atom. The molecular formula is C13H21N3OS. The van der Waals surface area contributed by atoms with Crippen molar-refractivity contribution in [2.24, 2.45) is 12.5 Å². The molecule has 1 heterocycles. The van der Waals surface area contributed by atoms with E-state index in [2.05, 4.69) is 11.1 Å². The van der Waals surface area contributed by atoms with Crippen LogP contribution in [-0.2, 0) is 13.7 Å². The normalized spacial score (nSPS) is 11.5. The number of imidazole rings is 1. The summed E-state index contributed by atoms with van der Waals surface area (Å²) in [6, 6.07) is 2.32. The van der Waals surface area contributed by atoms with Gasteiger partial charge in [-0.2, -0.15) is 5.26 Å². The van der Waals surface area contributed by atoms with Gasteiger partial charge in [0.05, 0.1) is 30.0 Å². The molecule has 1 rings (SSSR count). The van der Waals surface area contributed by atoms with Crippen LogP contribution in [-0.4, -0.2) is 20.4 Å². The summed E-state index contributed by atoms with van der Waals surface area (Å²) in [6.45, 7) is 3.99. The van der Waals surface area contributed by atoms with Crippen molar-refractivity contribution in [2.45, 2.75) is 44.9 Å². The second-order valence-corrected chi connectivity index (χ2v) is 6.11. The summed E-state index contributed by atoms with van der Waals surface area (Å²) in [5.74, 6) is 0.997. The smallest absolute Gasteiger partial charge is 0.167 e. The third-order valence-electron chi connectivity index (χ3n) is 2.93. The monoisotopic (exact) mass is 267 g/mol. The molecule has 0 fully saturated rings. The van der Waals surface area contributed by atoms with Crippen LogP contribution in [0.15, 0.2) is 11.4 Å². The van der Waals surface area contributed by atoms with Crippen molar-refractivity contribution < 1.29 is 5.11 Å². The number of nitriles is 1. The minimum absolute atomic E-state index is 0.0282. The van der Waals surface area contributed by atoms with E-state index in [1.807, 2.05) is 25.5 Å². The maximum Gasteiger partial charge on any atom is 0.167 e. The number of rotatable bonds is 7. The molecule has 0 amide bonds. The maximum absolute atomic E-state index is 9.06. The Morgan fingerprint density at radius 2 is 2.22 bits per heavy atom. The summed E-state index contributed by atoms with van der Waals surface area (Å²) in [5, 5.41) is 18.9. The first-order valence-corrected chi connectivity index (χ1v) is 7.14. The Balaban J connectivity index is 2.26. The quantitative estimate of drug-likeness (QED) is 0.609. The van der Waals surface area contributed by atoms with E-state index < -0.39 is 0 Å². The Morgan fingerprint density at radius 3 is 2.78 bits per heavy atom. The summed E-state index contributed by atoms with van der Waals surface area (Å²) in [7, 11) is 1.92. The summed E-state index contributed by atoms with van der Waals surface area (Å²) >= 11 is 1.70. The lowest BCUT2D eigenvalue weighted by Gasteiger charge is -2.13. The molecule has 18 heavy (non-hydrogen) atoms. The third-order valence-corrected chi connectivity index (χ3v) is 4.06. The highest BCUT2D eigenvalue weighted by Crippen LogP contribution is 2.24. The van der Waals surface area contributed by atoms with E-state index in [9.17, 15) is 0 Å². The lowest BCUT2D eigenvalue weighted by atomic mass is 9.89. The SMILES string of the molecule is Cn1c(CO)cnc1SCCCCC(C)(C)C#N. The third kappa shape index (κ3) is 4.35. The van der Waals surface area contributed by atoms with Crippen molar-refractivity contribution in [2.75, 3.05) is 5.75 Å². The highest BCUT2D eigenvalue weighted by Gasteiger charge is 2.15. The van der Waals surface area contributed by atoms with E-state index in [-0.39, 0.29) is 12.0 Å². The van der Waals surface area contributed by atoms with Gasteiger partial charge in [-0.15, -0.1) is 0 Å². The zero-order valence-electron chi connectivity index (χ0n) is 11.3. The molecule has 1 N–H and O–H groups in total. The average molecular weight is 267 g/mol. The molecule has 0 aliphatic rings. The van der Waals surface area contributed by atoms with E-state index in [0.717, 1.165) is 35.9 Å². The van der Waals surface area contributed by atoms with Crippen molar-refractivity contribution in [1.29, 1.82) is 5.26 Å². The molecule has 0 aromatic carbocycles. The molecule has 0 aliphatic heterocycles. The number of unbranched alkanes of at least 4 members (excludes halogenated alkanes) is 1. The van der Waals surface area contributed by atoms with Gasteiger partial charge >= 0.3 is 0 Å². The highest BCUT2D eigenvalue weighted by atomic mass is 32.2. The molecule has 0 saturated heterocycles. The molecule has 0 aliphatic carbocycles. The predicted octanol–water partition coefficient (Wildman–Crippen LogP) is 2.72. The van der Waals surface area contributed by atoms with Crippen molar-refractivity contribution in [3.05, 3.63) is 11.9 Å². The molecular weight excluding hydrogens is 246 g/mol. The van der Waals surface area contributed by atoms with Crippen molar-refractivity contribution in [1.82, 2.24) is 9.55 Å². The number of nitrogens with zero attached hydrogens (tertiary/aromatic N) is 3. The molecule has 0 spiro atoms. The minimum atomic E-state index is -0.210. The topological polar surface area (TPSA) is 61.8 Å². The molecule has 0 radical (unpaired) electrons. The summed E-state index contributed by atoms with van der Waals surface area (Å²) < 4.78 is 1.92. The van der Waals surface area contributed by atoms with Crippen molar-refractivity contribution in [3.8, 4) is 6.07 Å². The summed E-state index contributed by atoms with van der Waals surface area (Å²) in [5.41, 5.74) is 0.626. The first-order chi connectivity index (χ1) is 8.50. The van der Waals surface area contributed by atoms with Gasteiger partial charge in [0.2, 0.25) is 0 Å². The molecule has 0 saturated carbocycles. The molecule has 1 aromatic rings. The Kier molecular flexibility index (Phi) is 5.70. The first kappa shape index (κ1) is 15.1. The van der Waals surface area contributed by atoms with Crippen LogP contribution in [0.3, 0.4) is 0 Å². The van der Waals surface area contributed by atoms with Crippen LogP contribution < -0.4 is 0 Å². The van der Waals surface area contributed by atoms with Gasteiger partial charge in [-0.3, -0.25) is 0 Å². The summed E-state index contributed by atoms with van der Waals surface area (Å²) in [6.07, 6.45) is 4.79. The lowest BCUT2D eigenvalue weighted by molar-refractivity contribution is 0.271. The number of aliphatic hydroxyl groups excluding tert-OH is 1. The van der Waals surface area contributed by atoms with Gasteiger partial charge in [-0.1, -0.05) is 18.2 Å². The van der Waals surface area contributed by atoms with Crippen LogP contribution in [0.25, 0.3) is 0 Å². The number of hydrogen-bond acceptors (Lipinski definition) is 4. The number of thioether (sulfide) groups is 1. The van der Waals surface area contributed by atoms with Crippen LogP contribution in [0.5, 0.6) is 0 Å². The van der Waals surface area contributed by atoms with Gasteiger partial charge in [-0.05, 0) is 26.7 Å². The second kappa shape index (κ2) is 6.81. The van der Waals surface area contributed by atoms with Crippen molar-refractivity contribution >= 4 is 11.8 Å². The predicted molar refractivity (Wildman–Crippen MR) is 73.1 cm³/mol. The van der Waals surface area contributed by atoms with Gasteiger partial charge < -0.3 is 9.67 Å². The van der Waals surface area contributed by atoms with Crippen LogP contribution >= 0.6 is 11.8 Å². The number of aromatic nitrogens is 2. The molecule has 0 bridgehead atoms.